The molecule has 0 amide bonds. The maximum Gasteiger partial charge on any atom is 0.0674 e. The number of ether oxygens (including phenoxy) is 1. The molecule has 3 heteroatoms. The zero-order valence-electron chi connectivity index (χ0n) is 11.6. The second-order valence-corrected chi connectivity index (χ2v) is 5.09. The molecule has 0 aliphatic carbocycles. The van der Waals surface area contributed by atoms with Crippen LogP contribution in [0, 0.1) is 0 Å². The Hall–Kier alpha value is -0.900. The lowest BCUT2D eigenvalue weighted by atomic mass is 9.99. The number of benzene rings is 1. The summed E-state index contributed by atoms with van der Waals surface area (Å²) in [4.78, 5) is 2.52. The molecule has 0 saturated carbocycles. The molecule has 1 saturated heterocycles. The molecule has 1 aliphatic rings. The summed E-state index contributed by atoms with van der Waals surface area (Å²) < 4.78 is 5.62. The zero-order chi connectivity index (χ0) is 13.0. The van der Waals surface area contributed by atoms with Crippen molar-refractivity contribution in [2.75, 3.05) is 26.7 Å². The van der Waals surface area contributed by atoms with Crippen molar-refractivity contribution in [1.29, 1.82) is 0 Å². The Balaban J connectivity index is 2.07. The Morgan fingerprint density at radius 1 is 1.33 bits per heavy atom. The maximum atomic E-state index is 5.62. The average molecular weight is 248 g/mol. The van der Waals surface area contributed by atoms with Gasteiger partial charge in [0.25, 0.3) is 0 Å². The fourth-order valence-corrected chi connectivity index (χ4v) is 2.77. The summed E-state index contributed by atoms with van der Waals surface area (Å²) in [6.07, 6.45) is 0.342. The van der Waals surface area contributed by atoms with Crippen LogP contribution in [0.2, 0.25) is 0 Å². The van der Waals surface area contributed by atoms with Crippen LogP contribution in [-0.4, -0.2) is 43.8 Å². The second-order valence-electron chi connectivity index (χ2n) is 5.09. The Morgan fingerprint density at radius 2 is 2.06 bits per heavy atom. The lowest BCUT2D eigenvalue weighted by molar-refractivity contribution is -0.0365. The molecule has 1 N–H and O–H groups in total. The van der Waals surface area contributed by atoms with Gasteiger partial charge in [-0.15, -0.1) is 0 Å². The minimum atomic E-state index is 0.342. The van der Waals surface area contributed by atoms with Gasteiger partial charge in [0.1, 0.15) is 0 Å². The first-order valence-electron chi connectivity index (χ1n) is 6.80. The van der Waals surface area contributed by atoms with Crippen molar-refractivity contribution in [2.24, 2.45) is 0 Å². The molecule has 0 radical (unpaired) electrons. The van der Waals surface area contributed by atoms with Gasteiger partial charge in [-0.25, -0.2) is 0 Å². The molecule has 1 aliphatic heterocycles. The molecule has 1 aromatic carbocycles. The van der Waals surface area contributed by atoms with Gasteiger partial charge in [0.05, 0.1) is 12.7 Å². The minimum Gasteiger partial charge on any atom is -0.376 e. The molecule has 3 unspecified atom stereocenters. The highest BCUT2D eigenvalue weighted by Crippen LogP contribution is 2.22. The molecule has 1 heterocycles. The number of rotatable bonds is 4. The minimum absolute atomic E-state index is 0.342. The molecular weight excluding hydrogens is 224 g/mol. The summed E-state index contributed by atoms with van der Waals surface area (Å²) in [6.45, 7) is 7.33. The Kier molecular flexibility index (Phi) is 4.75. The maximum absolute atomic E-state index is 5.62. The number of morpholine rings is 1. The first-order chi connectivity index (χ1) is 8.72. The van der Waals surface area contributed by atoms with Gasteiger partial charge >= 0.3 is 0 Å². The number of hydrogen-bond donors (Lipinski definition) is 1. The fraction of sp³-hybridized carbons (Fsp3) is 0.600. The van der Waals surface area contributed by atoms with Gasteiger partial charge in [0.15, 0.2) is 0 Å². The molecule has 0 spiro atoms. The van der Waals surface area contributed by atoms with Crippen LogP contribution in [-0.2, 0) is 4.74 Å². The van der Waals surface area contributed by atoms with E-state index >= 15 is 0 Å². The third kappa shape index (κ3) is 3.10. The van der Waals surface area contributed by atoms with Crippen molar-refractivity contribution in [3.8, 4) is 0 Å². The standard InChI is InChI=1S/C15H24N2O/c1-12-11-17(9-10-18-12)13(2)15(16-3)14-7-5-4-6-8-14/h4-8,12-13,15-16H,9-11H2,1-3H3. The summed E-state index contributed by atoms with van der Waals surface area (Å²) in [7, 11) is 2.04. The van der Waals surface area contributed by atoms with E-state index in [0.717, 1.165) is 19.7 Å². The molecule has 18 heavy (non-hydrogen) atoms. The van der Waals surface area contributed by atoms with Crippen LogP contribution < -0.4 is 5.32 Å². The Labute approximate surface area is 110 Å². The SMILES string of the molecule is CNC(c1ccccc1)C(C)N1CCOC(C)C1. The van der Waals surface area contributed by atoms with E-state index in [4.69, 9.17) is 4.74 Å². The lowest BCUT2D eigenvalue weighted by Crippen LogP contribution is -2.49. The number of hydrogen-bond acceptors (Lipinski definition) is 3. The largest absolute Gasteiger partial charge is 0.376 e. The first kappa shape index (κ1) is 13.5. The average Bonchev–Trinajstić information content (AvgIpc) is 2.41. The van der Waals surface area contributed by atoms with Gasteiger partial charge in [-0.1, -0.05) is 30.3 Å². The van der Waals surface area contributed by atoms with E-state index in [1.807, 2.05) is 7.05 Å². The predicted octanol–water partition coefficient (Wildman–Crippen LogP) is 2.06. The normalized spacial score (nSPS) is 24.7. The quantitative estimate of drug-likeness (QED) is 0.882. The van der Waals surface area contributed by atoms with Gasteiger partial charge in [-0.3, -0.25) is 4.90 Å². The number of nitrogens with zero attached hydrogens (tertiary/aromatic N) is 1. The van der Waals surface area contributed by atoms with E-state index in [1.54, 1.807) is 0 Å². The van der Waals surface area contributed by atoms with Gasteiger partial charge in [0, 0.05) is 25.2 Å². The fourth-order valence-electron chi connectivity index (χ4n) is 2.77. The first-order valence-corrected chi connectivity index (χ1v) is 6.80. The van der Waals surface area contributed by atoms with Crippen molar-refractivity contribution >= 4 is 0 Å². The molecule has 1 aromatic rings. The van der Waals surface area contributed by atoms with Crippen LogP contribution >= 0.6 is 0 Å². The monoisotopic (exact) mass is 248 g/mol. The van der Waals surface area contributed by atoms with Crippen molar-refractivity contribution < 1.29 is 4.74 Å². The number of likely N-dealkylation sites (N-methyl/N-ethyl adjacent to an activating group) is 1. The smallest absolute Gasteiger partial charge is 0.0674 e. The van der Waals surface area contributed by atoms with E-state index < -0.39 is 0 Å². The van der Waals surface area contributed by atoms with E-state index in [9.17, 15) is 0 Å². The molecule has 1 fully saturated rings. The molecule has 0 bridgehead atoms. The Bertz CT molecular complexity index is 355. The molecule has 100 valence electrons. The van der Waals surface area contributed by atoms with E-state index in [-0.39, 0.29) is 0 Å². The van der Waals surface area contributed by atoms with E-state index in [0.29, 0.717) is 18.2 Å². The third-order valence-electron chi connectivity index (χ3n) is 3.80. The van der Waals surface area contributed by atoms with E-state index in [2.05, 4.69) is 54.4 Å². The van der Waals surface area contributed by atoms with Crippen molar-refractivity contribution in [3.63, 3.8) is 0 Å². The van der Waals surface area contributed by atoms with Crippen LogP contribution in [0.1, 0.15) is 25.5 Å². The van der Waals surface area contributed by atoms with Crippen LogP contribution in [0.15, 0.2) is 30.3 Å². The molecule has 2 rings (SSSR count). The van der Waals surface area contributed by atoms with Crippen LogP contribution in [0.3, 0.4) is 0 Å². The predicted molar refractivity (Wildman–Crippen MR) is 74.7 cm³/mol. The molecule has 3 atom stereocenters. The van der Waals surface area contributed by atoms with Crippen LogP contribution in [0.4, 0.5) is 0 Å². The summed E-state index contributed by atoms with van der Waals surface area (Å²) in [5.41, 5.74) is 1.35. The van der Waals surface area contributed by atoms with Crippen molar-refractivity contribution in [3.05, 3.63) is 35.9 Å². The van der Waals surface area contributed by atoms with E-state index in [1.165, 1.54) is 5.56 Å². The van der Waals surface area contributed by atoms with Crippen molar-refractivity contribution in [2.45, 2.75) is 32.0 Å². The molecule has 3 nitrogen and oxygen atoms in total. The van der Waals surface area contributed by atoms with Gasteiger partial charge in [-0.05, 0) is 26.5 Å². The topological polar surface area (TPSA) is 24.5 Å². The highest BCUT2D eigenvalue weighted by atomic mass is 16.5. The zero-order valence-corrected chi connectivity index (χ0v) is 11.6. The molecular formula is C15H24N2O. The van der Waals surface area contributed by atoms with Crippen molar-refractivity contribution in [1.82, 2.24) is 10.2 Å². The van der Waals surface area contributed by atoms with Gasteiger partial charge in [-0.2, -0.15) is 0 Å². The van der Waals surface area contributed by atoms with Crippen LogP contribution in [0.5, 0.6) is 0 Å². The second kappa shape index (κ2) is 6.32. The summed E-state index contributed by atoms with van der Waals surface area (Å²) in [5, 5.41) is 3.45. The highest BCUT2D eigenvalue weighted by molar-refractivity contribution is 5.20. The third-order valence-corrected chi connectivity index (χ3v) is 3.80. The van der Waals surface area contributed by atoms with Crippen LogP contribution in [0.25, 0.3) is 0 Å². The Morgan fingerprint density at radius 3 is 2.67 bits per heavy atom. The summed E-state index contributed by atoms with van der Waals surface area (Å²) >= 11 is 0. The number of nitrogens with one attached hydrogen (secondary N) is 1. The highest BCUT2D eigenvalue weighted by Gasteiger charge is 2.27. The summed E-state index contributed by atoms with van der Waals surface area (Å²) in [6, 6.07) is 11.5. The molecule has 0 aromatic heterocycles. The summed E-state index contributed by atoms with van der Waals surface area (Å²) in [5.74, 6) is 0. The van der Waals surface area contributed by atoms with Gasteiger partial charge in [0.2, 0.25) is 0 Å². The van der Waals surface area contributed by atoms with Gasteiger partial charge < -0.3 is 10.1 Å². The lowest BCUT2D eigenvalue weighted by Gasteiger charge is -2.39.